The maximum absolute atomic E-state index is 12.0. The van der Waals surface area contributed by atoms with Crippen molar-refractivity contribution in [2.45, 2.75) is 51.7 Å². The van der Waals surface area contributed by atoms with Gasteiger partial charge >= 0.3 is 0 Å². The van der Waals surface area contributed by atoms with Gasteiger partial charge in [-0.25, -0.2) is 0 Å². The molecule has 1 amide bonds. The van der Waals surface area contributed by atoms with E-state index in [9.17, 15) is 4.79 Å². The van der Waals surface area contributed by atoms with Gasteiger partial charge < -0.3 is 15.4 Å². The highest BCUT2D eigenvalue weighted by atomic mass is 16.5. The monoisotopic (exact) mass is 242 g/mol. The Balaban J connectivity index is 2.36. The number of rotatable bonds is 5. The molecule has 1 aliphatic heterocycles. The average Bonchev–Trinajstić information content (AvgIpc) is 2.35. The van der Waals surface area contributed by atoms with Gasteiger partial charge in [-0.1, -0.05) is 0 Å². The number of hydrogen-bond donors (Lipinski definition) is 1. The molecule has 0 radical (unpaired) electrons. The first-order valence-corrected chi connectivity index (χ1v) is 6.60. The van der Waals surface area contributed by atoms with Crippen molar-refractivity contribution in [3.05, 3.63) is 0 Å². The Morgan fingerprint density at radius 3 is 2.82 bits per heavy atom. The topological polar surface area (TPSA) is 55.6 Å². The summed E-state index contributed by atoms with van der Waals surface area (Å²) in [7, 11) is 1.68. The van der Waals surface area contributed by atoms with E-state index in [2.05, 4.69) is 0 Å². The van der Waals surface area contributed by atoms with Crippen LogP contribution in [0.3, 0.4) is 0 Å². The Morgan fingerprint density at radius 2 is 2.24 bits per heavy atom. The highest BCUT2D eigenvalue weighted by molar-refractivity contribution is 5.76. The summed E-state index contributed by atoms with van der Waals surface area (Å²) in [5.41, 5.74) is 5.92. The largest absolute Gasteiger partial charge is 0.382 e. The fourth-order valence-electron chi connectivity index (χ4n) is 2.27. The van der Waals surface area contributed by atoms with E-state index in [1.165, 1.54) is 0 Å². The number of nitrogens with two attached hydrogens (primary N) is 1. The standard InChI is InChI=1S/C13H26N2O2/c1-10(17-3)6-7-13(16)15-8-4-5-12(9-15)11(2)14/h10-12H,4-9,14H2,1-3H3. The van der Waals surface area contributed by atoms with E-state index in [0.29, 0.717) is 12.3 Å². The van der Waals surface area contributed by atoms with Crippen LogP contribution in [0.1, 0.15) is 39.5 Å². The smallest absolute Gasteiger partial charge is 0.222 e. The van der Waals surface area contributed by atoms with Crippen LogP contribution in [0.2, 0.25) is 0 Å². The van der Waals surface area contributed by atoms with Crippen molar-refractivity contribution in [3.63, 3.8) is 0 Å². The van der Waals surface area contributed by atoms with Crippen LogP contribution in [0.4, 0.5) is 0 Å². The van der Waals surface area contributed by atoms with E-state index in [-0.39, 0.29) is 18.1 Å². The fourth-order valence-corrected chi connectivity index (χ4v) is 2.27. The predicted octanol–water partition coefficient (Wildman–Crippen LogP) is 1.39. The van der Waals surface area contributed by atoms with Gasteiger partial charge in [0.25, 0.3) is 0 Å². The number of hydrogen-bond acceptors (Lipinski definition) is 3. The first-order chi connectivity index (χ1) is 8.04. The molecule has 1 heterocycles. The van der Waals surface area contributed by atoms with Gasteiger partial charge in [0.15, 0.2) is 0 Å². The molecule has 100 valence electrons. The Hall–Kier alpha value is -0.610. The highest BCUT2D eigenvalue weighted by Crippen LogP contribution is 2.19. The lowest BCUT2D eigenvalue weighted by atomic mass is 9.92. The van der Waals surface area contributed by atoms with Crippen molar-refractivity contribution < 1.29 is 9.53 Å². The Morgan fingerprint density at radius 1 is 1.53 bits per heavy atom. The molecule has 3 atom stereocenters. The molecule has 4 heteroatoms. The summed E-state index contributed by atoms with van der Waals surface area (Å²) in [5, 5.41) is 0. The van der Waals surface area contributed by atoms with Crippen molar-refractivity contribution >= 4 is 5.91 Å². The molecule has 2 N–H and O–H groups in total. The Bertz CT molecular complexity index is 244. The third kappa shape index (κ3) is 4.64. The second-order valence-corrected chi connectivity index (χ2v) is 5.19. The van der Waals surface area contributed by atoms with E-state index in [0.717, 1.165) is 32.4 Å². The number of carbonyl (C=O) groups excluding carboxylic acids is 1. The molecule has 1 fully saturated rings. The Labute approximate surface area is 104 Å². The van der Waals surface area contributed by atoms with E-state index in [1.54, 1.807) is 7.11 Å². The molecule has 0 bridgehead atoms. The molecule has 0 saturated carbocycles. The molecule has 0 aromatic carbocycles. The molecule has 1 rings (SSSR count). The molecule has 0 aromatic rings. The number of amides is 1. The molecule has 1 saturated heterocycles. The molecular formula is C13H26N2O2. The molecule has 3 unspecified atom stereocenters. The van der Waals surface area contributed by atoms with Gasteiger partial charge in [0, 0.05) is 32.7 Å². The number of nitrogens with zero attached hydrogens (tertiary/aromatic N) is 1. The number of methoxy groups -OCH3 is 1. The quantitative estimate of drug-likeness (QED) is 0.792. The zero-order chi connectivity index (χ0) is 12.8. The zero-order valence-electron chi connectivity index (χ0n) is 11.3. The minimum atomic E-state index is 0.160. The number of ether oxygens (including phenoxy) is 1. The van der Waals surface area contributed by atoms with Gasteiger partial charge in [0.1, 0.15) is 0 Å². The molecule has 17 heavy (non-hydrogen) atoms. The minimum absolute atomic E-state index is 0.160. The van der Waals surface area contributed by atoms with Crippen LogP contribution in [-0.4, -0.2) is 43.2 Å². The summed E-state index contributed by atoms with van der Waals surface area (Å²) in [5.74, 6) is 0.715. The van der Waals surface area contributed by atoms with E-state index >= 15 is 0 Å². The van der Waals surface area contributed by atoms with Crippen LogP contribution >= 0.6 is 0 Å². The molecule has 0 spiro atoms. The molecule has 4 nitrogen and oxygen atoms in total. The van der Waals surface area contributed by atoms with Gasteiger partial charge in [-0.2, -0.15) is 0 Å². The van der Waals surface area contributed by atoms with E-state index < -0.39 is 0 Å². The van der Waals surface area contributed by atoms with Gasteiger partial charge in [-0.15, -0.1) is 0 Å². The third-order valence-electron chi connectivity index (χ3n) is 3.72. The number of likely N-dealkylation sites (tertiary alicyclic amines) is 1. The molecular weight excluding hydrogens is 216 g/mol. The SMILES string of the molecule is COC(C)CCC(=O)N1CCCC(C(C)N)C1. The lowest BCUT2D eigenvalue weighted by molar-refractivity contribution is -0.133. The maximum atomic E-state index is 12.0. The lowest BCUT2D eigenvalue weighted by Gasteiger charge is -2.34. The van der Waals surface area contributed by atoms with Crippen LogP contribution in [0.5, 0.6) is 0 Å². The van der Waals surface area contributed by atoms with Crippen molar-refractivity contribution in [2.24, 2.45) is 11.7 Å². The minimum Gasteiger partial charge on any atom is -0.382 e. The van der Waals surface area contributed by atoms with Gasteiger partial charge in [0.05, 0.1) is 6.10 Å². The van der Waals surface area contributed by atoms with Crippen molar-refractivity contribution in [3.8, 4) is 0 Å². The summed E-state index contributed by atoms with van der Waals surface area (Å²) in [4.78, 5) is 14.0. The Kier molecular flexibility index (Phi) is 5.92. The van der Waals surface area contributed by atoms with Crippen molar-refractivity contribution in [2.75, 3.05) is 20.2 Å². The summed E-state index contributed by atoms with van der Waals surface area (Å²) < 4.78 is 5.16. The molecule has 0 aliphatic carbocycles. The highest BCUT2D eigenvalue weighted by Gasteiger charge is 2.25. The van der Waals surface area contributed by atoms with E-state index in [4.69, 9.17) is 10.5 Å². The lowest BCUT2D eigenvalue weighted by Crippen LogP contribution is -2.45. The summed E-state index contributed by atoms with van der Waals surface area (Å²) in [6, 6.07) is 0.184. The first-order valence-electron chi connectivity index (χ1n) is 6.60. The summed E-state index contributed by atoms with van der Waals surface area (Å²) >= 11 is 0. The van der Waals surface area contributed by atoms with Gasteiger partial charge in [-0.05, 0) is 39.0 Å². The van der Waals surface area contributed by atoms with Gasteiger partial charge in [-0.3, -0.25) is 4.79 Å². The van der Waals surface area contributed by atoms with Crippen molar-refractivity contribution in [1.82, 2.24) is 4.90 Å². The van der Waals surface area contributed by atoms with Crippen LogP contribution in [-0.2, 0) is 9.53 Å². The molecule has 0 aromatic heterocycles. The summed E-state index contributed by atoms with van der Waals surface area (Å²) in [6.45, 7) is 5.75. The van der Waals surface area contributed by atoms with Crippen LogP contribution < -0.4 is 5.73 Å². The fraction of sp³-hybridized carbons (Fsp3) is 0.923. The van der Waals surface area contributed by atoms with E-state index in [1.807, 2.05) is 18.7 Å². The molecule has 1 aliphatic rings. The maximum Gasteiger partial charge on any atom is 0.222 e. The van der Waals surface area contributed by atoms with Gasteiger partial charge in [0.2, 0.25) is 5.91 Å². The second-order valence-electron chi connectivity index (χ2n) is 5.19. The van der Waals surface area contributed by atoms with Crippen LogP contribution in [0.25, 0.3) is 0 Å². The average molecular weight is 242 g/mol. The first kappa shape index (κ1) is 14.5. The second kappa shape index (κ2) is 6.97. The number of piperidine rings is 1. The van der Waals surface area contributed by atoms with Crippen molar-refractivity contribution in [1.29, 1.82) is 0 Å². The zero-order valence-corrected chi connectivity index (χ0v) is 11.3. The summed E-state index contributed by atoms with van der Waals surface area (Å²) in [6.07, 6.45) is 3.77. The third-order valence-corrected chi connectivity index (χ3v) is 3.72. The predicted molar refractivity (Wildman–Crippen MR) is 68.7 cm³/mol. The normalized spacial score (nSPS) is 24.5. The van der Waals surface area contributed by atoms with Crippen LogP contribution in [0.15, 0.2) is 0 Å². The number of carbonyl (C=O) groups is 1. The van der Waals surface area contributed by atoms with Crippen LogP contribution in [0, 0.1) is 5.92 Å².